The first kappa shape index (κ1) is 21.1. The first-order valence-corrected chi connectivity index (χ1v) is 11.5. The lowest BCUT2D eigenvalue weighted by Gasteiger charge is -2.20. The number of benzene rings is 2. The van der Waals surface area contributed by atoms with Crippen molar-refractivity contribution in [1.82, 2.24) is 4.90 Å². The van der Waals surface area contributed by atoms with Crippen molar-refractivity contribution < 1.29 is 14.3 Å². The summed E-state index contributed by atoms with van der Waals surface area (Å²) >= 11 is 4.73. The number of hydrogen-bond donors (Lipinski definition) is 1. The molecule has 2 saturated heterocycles. The first-order chi connectivity index (χ1) is 14.6. The number of anilines is 1. The summed E-state index contributed by atoms with van der Waals surface area (Å²) in [5.74, 6) is -0.280. The van der Waals surface area contributed by atoms with Gasteiger partial charge in [0, 0.05) is 23.2 Å². The molecule has 0 aliphatic carbocycles. The number of carbonyl (C=O) groups is 2. The topological polar surface area (TPSA) is 71.0 Å². The summed E-state index contributed by atoms with van der Waals surface area (Å²) in [6.07, 6.45) is 2.05. The van der Waals surface area contributed by atoms with Crippen molar-refractivity contribution in [1.29, 1.82) is 0 Å². The summed E-state index contributed by atoms with van der Waals surface area (Å²) in [5.41, 5.74) is 1.48. The molecule has 156 valence electrons. The number of amidine groups is 1. The molecular formula is C22H22BrN3O3S. The molecular weight excluding hydrogens is 466 g/mol. The van der Waals surface area contributed by atoms with E-state index in [1.807, 2.05) is 54.6 Å². The molecule has 2 fully saturated rings. The molecule has 0 saturated carbocycles. The smallest absolute Gasteiger partial charge is 0.242 e. The van der Waals surface area contributed by atoms with Crippen LogP contribution in [0, 0.1) is 0 Å². The van der Waals surface area contributed by atoms with E-state index in [-0.39, 0.29) is 24.3 Å². The van der Waals surface area contributed by atoms with Gasteiger partial charge in [-0.1, -0.05) is 45.9 Å². The maximum atomic E-state index is 13.1. The van der Waals surface area contributed by atoms with Crippen molar-refractivity contribution in [3.05, 3.63) is 59.1 Å². The average molecular weight is 488 g/mol. The molecule has 6 nitrogen and oxygen atoms in total. The Labute approximate surface area is 188 Å². The van der Waals surface area contributed by atoms with Crippen molar-refractivity contribution in [2.24, 2.45) is 4.99 Å². The maximum absolute atomic E-state index is 13.1. The first-order valence-electron chi connectivity index (χ1n) is 9.87. The molecule has 2 aromatic carbocycles. The van der Waals surface area contributed by atoms with E-state index in [1.165, 1.54) is 11.8 Å². The Morgan fingerprint density at radius 2 is 1.97 bits per heavy atom. The van der Waals surface area contributed by atoms with E-state index in [0.29, 0.717) is 17.4 Å². The summed E-state index contributed by atoms with van der Waals surface area (Å²) in [7, 11) is 0. The van der Waals surface area contributed by atoms with Crippen LogP contribution in [0.4, 0.5) is 11.4 Å². The lowest BCUT2D eigenvalue weighted by Crippen LogP contribution is -2.38. The lowest BCUT2D eigenvalue weighted by molar-refractivity contribution is -0.129. The third-order valence-corrected chi connectivity index (χ3v) is 6.61. The van der Waals surface area contributed by atoms with Gasteiger partial charge in [0.1, 0.15) is 5.25 Å². The van der Waals surface area contributed by atoms with Crippen molar-refractivity contribution >= 4 is 56.0 Å². The third-order valence-electron chi connectivity index (χ3n) is 4.91. The molecule has 2 aliphatic heterocycles. The van der Waals surface area contributed by atoms with Gasteiger partial charge in [0.05, 0.1) is 18.3 Å². The summed E-state index contributed by atoms with van der Waals surface area (Å²) < 4.78 is 6.66. The molecule has 4 rings (SSSR count). The molecule has 30 heavy (non-hydrogen) atoms. The fraction of sp³-hybridized carbons (Fsp3) is 0.318. The minimum absolute atomic E-state index is 0.0193. The Morgan fingerprint density at radius 3 is 2.67 bits per heavy atom. The Hall–Kier alpha value is -2.16. The highest BCUT2D eigenvalue weighted by Crippen LogP contribution is 2.33. The van der Waals surface area contributed by atoms with Crippen LogP contribution in [0.1, 0.15) is 19.3 Å². The number of rotatable bonds is 6. The minimum atomic E-state index is -0.496. The summed E-state index contributed by atoms with van der Waals surface area (Å²) in [5, 5.41) is 2.99. The van der Waals surface area contributed by atoms with Crippen LogP contribution in [0.3, 0.4) is 0 Å². The Kier molecular flexibility index (Phi) is 6.86. The van der Waals surface area contributed by atoms with Gasteiger partial charge in [-0.25, -0.2) is 4.99 Å². The number of nitrogens with zero attached hydrogens (tertiary/aromatic N) is 2. The number of carbonyl (C=O) groups excluding carboxylic acids is 2. The standard InChI is InChI=1S/C22H22BrN3O3S/c23-15-8-10-17(11-9-15)24-20(27)13-19-21(28)26(14-18-7-4-12-29-18)22(30-19)25-16-5-2-1-3-6-16/h1-3,5-6,8-11,18-19H,4,7,12-14H2,(H,24,27). The summed E-state index contributed by atoms with van der Waals surface area (Å²) in [6, 6.07) is 16.9. The van der Waals surface area contributed by atoms with Crippen LogP contribution in [0.25, 0.3) is 0 Å². The largest absolute Gasteiger partial charge is 0.376 e. The van der Waals surface area contributed by atoms with Gasteiger partial charge in [-0.2, -0.15) is 0 Å². The molecule has 2 atom stereocenters. The number of amides is 2. The Morgan fingerprint density at radius 1 is 1.20 bits per heavy atom. The zero-order valence-electron chi connectivity index (χ0n) is 16.3. The van der Waals surface area contributed by atoms with Gasteiger partial charge < -0.3 is 10.1 Å². The molecule has 2 aromatic rings. The number of aliphatic imine (C=N–C) groups is 1. The van der Waals surface area contributed by atoms with Gasteiger partial charge in [0.15, 0.2) is 5.17 Å². The van der Waals surface area contributed by atoms with Gasteiger partial charge in [-0.05, 0) is 49.2 Å². The Balaban J connectivity index is 1.47. The minimum Gasteiger partial charge on any atom is -0.376 e. The second kappa shape index (κ2) is 9.76. The number of para-hydroxylation sites is 1. The zero-order valence-corrected chi connectivity index (χ0v) is 18.7. The van der Waals surface area contributed by atoms with Gasteiger partial charge in [0.25, 0.3) is 0 Å². The second-order valence-corrected chi connectivity index (χ2v) is 9.27. The number of ether oxygens (including phenoxy) is 1. The predicted octanol–water partition coefficient (Wildman–Crippen LogP) is 4.59. The SMILES string of the molecule is O=C(CC1SC(=Nc2ccccc2)N(CC2CCCO2)C1=O)Nc1ccc(Br)cc1. The quantitative estimate of drug-likeness (QED) is 0.646. The molecule has 2 aliphatic rings. The summed E-state index contributed by atoms with van der Waals surface area (Å²) in [4.78, 5) is 32.0. The van der Waals surface area contributed by atoms with Gasteiger partial charge in [-0.15, -0.1) is 0 Å². The monoisotopic (exact) mass is 487 g/mol. The Bertz CT molecular complexity index is 930. The highest BCUT2D eigenvalue weighted by atomic mass is 79.9. The fourth-order valence-electron chi connectivity index (χ4n) is 3.41. The number of halogens is 1. The lowest BCUT2D eigenvalue weighted by atomic mass is 10.2. The van der Waals surface area contributed by atoms with Crippen molar-refractivity contribution in [3.63, 3.8) is 0 Å². The second-order valence-electron chi connectivity index (χ2n) is 7.18. The van der Waals surface area contributed by atoms with Gasteiger partial charge in [0.2, 0.25) is 11.8 Å². The number of nitrogens with one attached hydrogen (secondary N) is 1. The molecule has 2 heterocycles. The van der Waals surface area contributed by atoms with E-state index in [9.17, 15) is 9.59 Å². The van der Waals surface area contributed by atoms with E-state index < -0.39 is 5.25 Å². The number of thioether (sulfide) groups is 1. The zero-order chi connectivity index (χ0) is 20.9. The van der Waals surface area contributed by atoms with E-state index in [0.717, 1.165) is 29.6 Å². The van der Waals surface area contributed by atoms with Crippen LogP contribution < -0.4 is 5.32 Å². The highest BCUT2D eigenvalue weighted by Gasteiger charge is 2.40. The van der Waals surface area contributed by atoms with Crippen LogP contribution in [-0.2, 0) is 14.3 Å². The molecule has 8 heteroatoms. The molecule has 2 unspecified atom stereocenters. The van der Waals surface area contributed by atoms with Crippen molar-refractivity contribution in [3.8, 4) is 0 Å². The van der Waals surface area contributed by atoms with Crippen LogP contribution >= 0.6 is 27.7 Å². The molecule has 0 radical (unpaired) electrons. The molecule has 0 spiro atoms. The molecule has 1 N–H and O–H groups in total. The van der Waals surface area contributed by atoms with Gasteiger partial charge in [-0.3, -0.25) is 14.5 Å². The average Bonchev–Trinajstić information content (AvgIpc) is 3.35. The maximum Gasteiger partial charge on any atom is 0.242 e. The van der Waals surface area contributed by atoms with Crippen LogP contribution in [0.5, 0.6) is 0 Å². The van der Waals surface area contributed by atoms with Crippen LogP contribution in [0.2, 0.25) is 0 Å². The molecule has 0 bridgehead atoms. The fourth-order valence-corrected chi connectivity index (χ4v) is 4.84. The van der Waals surface area contributed by atoms with E-state index in [4.69, 9.17) is 4.74 Å². The molecule has 0 aromatic heterocycles. The van der Waals surface area contributed by atoms with E-state index in [2.05, 4.69) is 26.2 Å². The van der Waals surface area contributed by atoms with Crippen molar-refractivity contribution in [2.45, 2.75) is 30.6 Å². The predicted molar refractivity (Wildman–Crippen MR) is 123 cm³/mol. The third kappa shape index (κ3) is 5.30. The van der Waals surface area contributed by atoms with Crippen molar-refractivity contribution in [2.75, 3.05) is 18.5 Å². The van der Waals surface area contributed by atoms with Gasteiger partial charge >= 0.3 is 0 Å². The molecule has 2 amide bonds. The van der Waals surface area contributed by atoms with E-state index in [1.54, 1.807) is 4.90 Å². The van der Waals surface area contributed by atoms with Crippen LogP contribution in [0.15, 0.2) is 64.1 Å². The van der Waals surface area contributed by atoms with E-state index >= 15 is 0 Å². The van der Waals surface area contributed by atoms with Crippen LogP contribution in [-0.4, -0.2) is 46.4 Å². The normalized spacial score (nSPS) is 22.6. The number of hydrogen-bond acceptors (Lipinski definition) is 5. The summed E-state index contributed by atoms with van der Waals surface area (Å²) in [6.45, 7) is 1.20. The highest BCUT2D eigenvalue weighted by molar-refractivity contribution is 9.10.